The Morgan fingerprint density at radius 1 is 0.862 bits per heavy atom. The van der Waals surface area contributed by atoms with Crippen LogP contribution in [-0.4, -0.2) is 24.3 Å². The van der Waals surface area contributed by atoms with E-state index in [1.54, 1.807) is 29.2 Å². The third-order valence-corrected chi connectivity index (χ3v) is 4.64. The Bertz CT molecular complexity index is 870. The van der Waals surface area contributed by atoms with E-state index < -0.39 is 0 Å². The van der Waals surface area contributed by atoms with E-state index in [1.165, 1.54) is 13.8 Å². The van der Waals surface area contributed by atoms with Crippen LogP contribution in [-0.2, 0) is 27.2 Å². The van der Waals surface area contributed by atoms with E-state index in [-0.39, 0.29) is 24.1 Å². The molecule has 0 fully saturated rings. The van der Waals surface area contributed by atoms with Gasteiger partial charge in [-0.1, -0.05) is 38.1 Å². The number of para-hydroxylation sites is 1. The van der Waals surface area contributed by atoms with E-state index in [0.29, 0.717) is 17.9 Å². The number of aryl methyl sites for hydroxylation is 2. The fourth-order valence-electron chi connectivity index (χ4n) is 3.30. The molecule has 2 rings (SSSR count). The molecule has 0 aromatic heterocycles. The zero-order valence-electron chi connectivity index (χ0n) is 17.5. The van der Waals surface area contributed by atoms with Gasteiger partial charge in [0.05, 0.1) is 0 Å². The summed E-state index contributed by atoms with van der Waals surface area (Å²) in [7, 11) is 0. The highest BCUT2D eigenvalue weighted by Crippen LogP contribution is 2.27. The van der Waals surface area contributed by atoms with Crippen LogP contribution in [0.4, 0.5) is 17.1 Å². The fourth-order valence-corrected chi connectivity index (χ4v) is 3.30. The van der Waals surface area contributed by atoms with E-state index in [1.807, 2.05) is 18.2 Å². The van der Waals surface area contributed by atoms with Crippen LogP contribution < -0.4 is 15.5 Å². The number of amides is 3. The van der Waals surface area contributed by atoms with Gasteiger partial charge < -0.3 is 15.5 Å². The van der Waals surface area contributed by atoms with Crippen molar-refractivity contribution >= 4 is 34.8 Å². The SMILES string of the molecule is CCc1cccc(CC)c1N(CCC(=O)Nc1cccc(NC(C)=O)c1)C(C)=O. The van der Waals surface area contributed by atoms with Crippen LogP contribution in [0.1, 0.15) is 45.2 Å². The summed E-state index contributed by atoms with van der Waals surface area (Å²) in [6.45, 7) is 7.38. The first-order chi connectivity index (χ1) is 13.8. The van der Waals surface area contributed by atoms with Gasteiger partial charge in [-0.3, -0.25) is 14.4 Å². The largest absolute Gasteiger partial charge is 0.326 e. The maximum atomic E-state index is 12.5. The maximum Gasteiger partial charge on any atom is 0.226 e. The molecule has 0 aliphatic carbocycles. The number of nitrogens with one attached hydrogen (secondary N) is 2. The van der Waals surface area contributed by atoms with Crippen molar-refractivity contribution in [1.29, 1.82) is 0 Å². The third kappa shape index (κ3) is 6.17. The normalized spacial score (nSPS) is 10.3. The Morgan fingerprint density at radius 3 is 1.93 bits per heavy atom. The van der Waals surface area contributed by atoms with Gasteiger partial charge in [0.25, 0.3) is 0 Å². The van der Waals surface area contributed by atoms with E-state index in [0.717, 1.165) is 29.7 Å². The number of hydrogen-bond acceptors (Lipinski definition) is 3. The number of carbonyl (C=O) groups excluding carboxylic acids is 3. The number of nitrogens with zero attached hydrogens (tertiary/aromatic N) is 1. The van der Waals surface area contributed by atoms with Gasteiger partial charge >= 0.3 is 0 Å². The number of anilines is 3. The Balaban J connectivity index is 2.11. The molecule has 0 bridgehead atoms. The first kappa shape index (κ1) is 22.1. The lowest BCUT2D eigenvalue weighted by Gasteiger charge is -2.26. The molecule has 6 nitrogen and oxygen atoms in total. The van der Waals surface area contributed by atoms with Crippen LogP contribution in [0.15, 0.2) is 42.5 Å². The zero-order valence-corrected chi connectivity index (χ0v) is 17.5. The average Bonchev–Trinajstić information content (AvgIpc) is 2.67. The molecular weight excluding hydrogens is 366 g/mol. The molecule has 3 amide bonds. The highest BCUT2D eigenvalue weighted by molar-refractivity contribution is 5.96. The van der Waals surface area contributed by atoms with Crippen molar-refractivity contribution in [2.75, 3.05) is 22.1 Å². The quantitative estimate of drug-likeness (QED) is 0.705. The summed E-state index contributed by atoms with van der Waals surface area (Å²) in [5.74, 6) is -0.448. The standard InChI is InChI=1S/C23H29N3O3/c1-5-18-9-7-10-19(6-2)23(18)26(17(4)28)14-13-22(29)25-21-12-8-11-20(15-21)24-16(3)27/h7-12,15H,5-6,13-14H2,1-4H3,(H,24,27)(H,25,29). The van der Waals surface area contributed by atoms with E-state index in [4.69, 9.17) is 0 Å². The fraction of sp³-hybridized carbons (Fsp3) is 0.348. The molecular formula is C23H29N3O3. The zero-order chi connectivity index (χ0) is 21.4. The van der Waals surface area contributed by atoms with Gasteiger partial charge in [-0.25, -0.2) is 0 Å². The van der Waals surface area contributed by atoms with Crippen molar-refractivity contribution < 1.29 is 14.4 Å². The smallest absolute Gasteiger partial charge is 0.226 e. The molecule has 29 heavy (non-hydrogen) atoms. The second kappa shape index (κ2) is 10.4. The van der Waals surface area contributed by atoms with Gasteiger partial charge in [0.15, 0.2) is 0 Å². The van der Waals surface area contributed by atoms with E-state index in [9.17, 15) is 14.4 Å². The topological polar surface area (TPSA) is 78.5 Å². The summed E-state index contributed by atoms with van der Waals surface area (Å²) in [6, 6.07) is 13.0. The van der Waals surface area contributed by atoms with Crippen molar-refractivity contribution in [3.05, 3.63) is 53.6 Å². The van der Waals surface area contributed by atoms with Crippen LogP contribution in [0.3, 0.4) is 0 Å². The molecule has 0 atom stereocenters. The molecule has 0 heterocycles. The molecule has 0 aliphatic heterocycles. The van der Waals surface area contributed by atoms with Crippen molar-refractivity contribution in [2.24, 2.45) is 0 Å². The minimum absolute atomic E-state index is 0.0824. The monoisotopic (exact) mass is 395 g/mol. The maximum absolute atomic E-state index is 12.5. The van der Waals surface area contributed by atoms with Crippen molar-refractivity contribution in [2.45, 2.75) is 47.0 Å². The molecule has 0 saturated carbocycles. The summed E-state index contributed by atoms with van der Waals surface area (Å²) in [4.78, 5) is 37.7. The summed E-state index contributed by atoms with van der Waals surface area (Å²) in [6.07, 6.45) is 1.80. The van der Waals surface area contributed by atoms with Gasteiger partial charge in [0.1, 0.15) is 0 Å². The molecule has 0 spiro atoms. The van der Waals surface area contributed by atoms with Crippen LogP contribution in [0, 0.1) is 0 Å². The lowest BCUT2D eigenvalue weighted by atomic mass is 10.0. The van der Waals surface area contributed by atoms with E-state index >= 15 is 0 Å². The van der Waals surface area contributed by atoms with Crippen LogP contribution in [0.2, 0.25) is 0 Å². The molecule has 6 heteroatoms. The van der Waals surface area contributed by atoms with Gasteiger partial charge in [-0.05, 0) is 42.2 Å². The molecule has 0 radical (unpaired) electrons. The predicted molar refractivity (Wildman–Crippen MR) is 117 cm³/mol. The number of benzene rings is 2. The highest BCUT2D eigenvalue weighted by Gasteiger charge is 2.19. The Hall–Kier alpha value is -3.15. The van der Waals surface area contributed by atoms with Gasteiger partial charge in [0.2, 0.25) is 17.7 Å². The van der Waals surface area contributed by atoms with Crippen LogP contribution >= 0.6 is 0 Å². The first-order valence-corrected chi connectivity index (χ1v) is 9.92. The van der Waals surface area contributed by atoms with Crippen LogP contribution in [0.5, 0.6) is 0 Å². The van der Waals surface area contributed by atoms with E-state index in [2.05, 4.69) is 24.5 Å². The molecule has 2 N–H and O–H groups in total. The second-order valence-corrected chi connectivity index (χ2v) is 6.86. The minimum atomic E-state index is -0.191. The lowest BCUT2D eigenvalue weighted by molar-refractivity contribution is -0.117. The summed E-state index contributed by atoms with van der Waals surface area (Å²) >= 11 is 0. The van der Waals surface area contributed by atoms with Crippen molar-refractivity contribution in [3.8, 4) is 0 Å². The molecule has 2 aromatic carbocycles. The number of rotatable bonds is 8. The first-order valence-electron chi connectivity index (χ1n) is 9.92. The van der Waals surface area contributed by atoms with Gasteiger partial charge in [-0.2, -0.15) is 0 Å². The average molecular weight is 396 g/mol. The van der Waals surface area contributed by atoms with Crippen molar-refractivity contribution in [1.82, 2.24) is 0 Å². The second-order valence-electron chi connectivity index (χ2n) is 6.86. The minimum Gasteiger partial charge on any atom is -0.326 e. The van der Waals surface area contributed by atoms with Crippen molar-refractivity contribution in [3.63, 3.8) is 0 Å². The molecule has 0 unspecified atom stereocenters. The summed E-state index contributed by atoms with van der Waals surface area (Å²) in [5.41, 5.74) is 4.33. The predicted octanol–water partition coefficient (Wildman–Crippen LogP) is 4.15. The van der Waals surface area contributed by atoms with Crippen LogP contribution in [0.25, 0.3) is 0 Å². The number of hydrogen-bond donors (Lipinski definition) is 2. The lowest BCUT2D eigenvalue weighted by Crippen LogP contribution is -2.33. The Morgan fingerprint density at radius 2 is 1.41 bits per heavy atom. The molecule has 0 aliphatic rings. The third-order valence-electron chi connectivity index (χ3n) is 4.64. The van der Waals surface area contributed by atoms with Gasteiger partial charge in [-0.15, -0.1) is 0 Å². The number of carbonyl (C=O) groups is 3. The van der Waals surface area contributed by atoms with Gasteiger partial charge in [0, 0.05) is 43.9 Å². The summed E-state index contributed by atoms with van der Waals surface area (Å²) in [5, 5.41) is 5.52. The molecule has 0 saturated heterocycles. The molecule has 2 aromatic rings. The molecule has 154 valence electrons. The Labute approximate surface area is 172 Å². The Kier molecular flexibility index (Phi) is 7.95. The highest BCUT2D eigenvalue weighted by atomic mass is 16.2. The summed E-state index contributed by atoms with van der Waals surface area (Å²) < 4.78 is 0.